The summed E-state index contributed by atoms with van der Waals surface area (Å²) in [5, 5.41) is 12.1. The molecule has 1 atom stereocenters. The van der Waals surface area contributed by atoms with Gasteiger partial charge in [0, 0.05) is 32.3 Å². The Morgan fingerprint density at radius 2 is 2.17 bits per heavy atom. The molecule has 5 nitrogen and oxygen atoms in total. The Hall–Kier alpha value is -1.75. The van der Waals surface area contributed by atoms with Gasteiger partial charge in [-0.1, -0.05) is 0 Å². The summed E-state index contributed by atoms with van der Waals surface area (Å²) in [5.74, 6) is -0.0622. The lowest BCUT2D eigenvalue weighted by molar-refractivity contribution is 0.0827. The van der Waals surface area contributed by atoms with Crippen molar-refractivity contribution in [2.24, 2.45) is 0 Å². The van der Waals surface area contributed by atoms with Crippen LogP contribution in [0.4, 0.5) is 11.4 Å². The lowest BCUT2D eigenvalue weighted by atomic mass is 10.1. The van der Waals surface area contributed by atoms with E-state index in [4.69, 9.17) is 10.8 Å². The number of carbonyl (C=O) groups excluding carboxylic acids is 1. The number of nitrogen functional groups attached to an aromatic ring is 1. The van der Waals surface area contributed by atoms with E-state index in [-0.39, 0.29) is 18.6 Å². The number of nitrogens with zero attached hydrogens (tertiary/aromatic N) is 1. The largest absolute Gasteiger partial charge is 0.397 e. The Kier molecular flexibility index (Phi) is 4.97. The first-order valence-electron chi connectivity index (χ1n) is 5.94. The van der Waals surface area contributed by atoms with Crippen molar-refractivity contribution in [3.05, 3.63) is 23.8 Å². The van der Waals surface area contributed by atoms with E-state index in [0.29, 0.717) is 17.7 Å². The standard InChI is InChI=1S/C13H21N3O2/c1-9(6-7-17)15-12-8-10(4-5-11(12)14)13(18)16(2)3/h4-5,8-9,15,17H,6-7,14H2,1-3H3. The third-order valence-electron chi connectivity index (χ3n) is 2.67. The minimum Gasteiger partial charge on any atom is -0.397 e. The number of anilines is 2. The number of nitrogens with one attached hydrogen (secondary N) is 1. The summed E-state index contributed by atoms with van der Waals surface area (Å²) in [5.41, 5.74) is 7.77. The summed E-state index contributed by atoms with van der Waals surface area (Å²) < 4.78 is 0. The van der Waals surface area contributed by atoms with Gasteiger partial charge < -0.3 is 21.1 Å². The molecule has 0 fully saturated rings. The number of rotatable bonds is 5. The number of amides is 1. The number of benzene rings is 1. The third kappa shape index (κ3) is 3.63. The van der Waals surface area contributed by atoms with E-state index >= 15 is 0 Å². The first kappa shape index (κ1) is 14.3. The molecule has 4 N–H and O–H groups in total. The molecule has 0 heterocycles. The highest BCUT2D eigenvalue weighted by molar-refractivity contribution is 5.95. The van der Waals surface area contributed by atoms with Crippen molar-refractivity contribution in [3.63, 3.8) is 0 Å². The zero-order chi connectivity index (χ0) is 13.7. The van der Waals surface area contributed by atoms with Crippen molar-refractivity contribution in [1.29, 1.82) is 0 Å². The molecule has 100 valence electrons. The predicted octanol–water partition coefficient (Wildman–Crippen LogP) is 1.15. The van der Waals surface area contributed by atoms with Crippen molar-refractivity contribution in [2.45, 2.75) is 19.4 Å². The normalized spacial score (nSPS) is 12.0. The topological polar surface area (TPSA) is 78.6 Å². The predicted molar refractivity (Wildman–Crippen MR) is 73.7 cm³/mol. The number of nitrogens with two attached hydrogens (primary N) is 1. The average Bonchev–Trinajstić information content (AvgIpc) is 2.31. The van der Waals surface area contributed by atoms with Crippen LogP contribution < -0.4 is 11.1 Å². The highest BCUT2D eigenvalue weighted by Gasteiger charge is 2.11. The first-order chi connectivity index (χ1) is 8.45. The van der Waals surface area contributed by atoms with Gasteiger partial charge in [0.2, 0.25) is 0 Å². The van der Waals surface area contributed by atoms with E-state index in [1.54, 1.807) is 32.3 Å². The molecular weight excluding hydrogens is 230 g/mol. The number of hydrogen-bond donors (Lipinski definition) is 3. The Bertz CT molecular complexity index is 419. The molecule has 1 rings (SSSR count). The summed E-state index contributed by atoms with van der Waals surface area (Å²) >= 11 is 0. The monoisotopic (exact) mass is 251 g/mol. The van der Waals surface area contributed by atoms with E-state index in [0.717, 1.165) is 5.69 Å². The smallest absolute Gasteiger partial charge is 0.253 e. The highest BCUT2D eigenvalue weighted by Crippen LogP contribution is 2.22. The van der Waals surface area contributed by atoms with Crippen LogP contribution in [0.3, 0.4) is 0 Å². The molecule has 1 unspecified atom stereocenters. The zero-order valence-electron chi connectivity index (χ0n) is 11.1. The van der Waals surface area contributed by atoms with Gasteiger partial charge in [0.15, 0.2) is 0 Å². The van der Waals surface area contributed by atoms with Crippen LogP contribution >= 0.6 is 0 Å². The Morgan fingerprint density at radius 3 is 2.72 bits per heavy atom. The van der Waals surface area contributed by atoms with Crippen molar-refractivity contribution >= 4 is 17.3 Å². The molecule has 1 aromatic rings. The van der Waals surface area contributed by atoms with E-state index in [2.05, 4.69) is 5.32 Å². The van der Waals surface area contributed by atoms with Crippen molar-refractivity contribution in [1.82, 2.24) is 4.90 Å². The molecule has 0 aliphatic rings. The number of aliphatic hydroxyl groups is 1. The van der Waals surface area contributed by atoms with Gasteiger partial charge in [-0.05, 0) is 31.5 Å². The second-order valence-electron chi connectivity index (χ2n) is 4.56. The summed E-state index contributed by atoms with van der Waals surface area (Å²) in [7, 11) is 3.42. The molecular formula is C13H21N3O2. The summed E-state index contributed by atoms with van der Waals surface area (Å²) in [4.78, 5) is 13.4. The second-order valence-corrected chi connectivity index (χ2v) is 4.56. The quantitative estimate of drug-likeness (QED) is 0.686. The molecule has 1 aromatic carbocycles. The van der Waals surface area contributed by atoms with Gasteiger partial charge in [-0.2, -0.15) is 0 Å². The fourth-order valence-corrected chi connectivity index (χ4v) is 1.60. The summed E-state index contributed by atoms with van der Waals surface area (Å²) in [6, 6.07) is 5.26. The number of aliphatic hydroxyl groups excluding tert-OH is 1. The van der Waals surface area contributed by atoms with E-state index < -0.39 is 0 Å². The van der Waals surface area contributed by atoms with Gasteiger partial charge in [0.25, 0.3) is 5.91 Å². The minimum absolute atomic E-state index is 0.0622. The average molecular weight is 251 g/mol. The molecule has 0 aliphatic carbocycles. The SMILES string of the molecule is CC(CCO)Nc1cc(C(=O)N(C)C)ccc1N. The maximum Gasteiger partial charge on any atom is 0.253 e. The molecule has 0 bridgehead atoms. The molecule has 0 aromatic heterocycles. The number of carbonyl (C=O) groups is 1. The summed E-state index contributed by atoms with van der Waals surface area (Å²) in [6.07, 6.45) is 0.630. The van der Waals surface area contributed by atoms with Crippen LogP contribution in [0, 0.1) is 0 Å². The van der Waals surface area contributed by atoms with Gasteiger partial charge in [0.1, 0.15) is 0 Å². The van der Waals surface area contributed by atoms with Gasteiger partial charge in [-0.15, -0.1) is 0 Å². The van der Waals surface area contributed by atoms with Crippen LogP contribution in [0.5, 0.6) is 0 Å². The van der Waals surface area contributed by atoms with Gasteiger partial charge in [-0.25, -0.2) is 0 Å². The van der Waals surface area contributed by atoms with Crippen LogP contribution in [-0.2, 0) is 0 Å². The molecule has 0 aliphatic heterocycles. The van der Waals surface area contributed by atoms with E-state index in [1.165, 1.54) is 4.90 Å². The Labute approximate surface area is 108 Å². The highest BCUT2D eigenvalue weighted by atomic mass is 16.3. The van der Waals surface area contributed by atoms with Gasteiger partial charge >= 0.3 is 0 Å². The van der Waals surface area contributed by atoms with E-state index in [1.807, 2.05) is 6.92 Å². The fourth-order valence-electron chi connectivity index (χ4n) is 1.60. The molecule has 5 heteroatoms. The molecule has 0 radical (unpaired) electrons. The van der Waals surface area contributed by atoms with Crippen LogP contribution in [0.2, 0.25) is 0 Å². The molecule has 1 amide bonds. The lowest BCUT2D eigenvalue weighted by Gasteiger charge is -2.17. The third-order valence-corrected chi connectivity index (χ3v) is 2.67. The zero-order valence-corrected chi connectivity index (χ0v) is 11.1. The molecule has 18 heavy (non-hydrogen) atoms. The second kappa shape index (κ2) is 6.26. The fraction of sp³-hybridized carbons (Fsp3) is 0.462. The van der Waals surface area contributed by atoms with Crippen molar-refractivity contribution in [3.8, 4) is 0 Å². The molecule has 0 spiro atoms. The number of hydrogen-bond acceptors (Lipinski definition) is 4. The maximum atomic E-state index is 11.8. The van der Waals surface area contributed by atoms with Gasteiger partial charge in [0.05, 0.1) is 11.4 Å². The van der Waals surface area contributed by atoms with Crippen LogP contribution in [0.25, 0.3) is 0 Å². The Balaban J connectivity index is 2.91. The first-order valence-corrected chi connectivity index (χ1v) is 5.94. The van der Waals surface area contributed by atoms with Crippen molar-refractivity contribution in [2.75, 3.05) is 31.8 Å². The van der Waals surface area contributed by atoms with Crippen LogP contribution in [-0.4, -0.2) is 42.7 Å². The van der Waals surface area contributed by atoms with E-state index in [9.17, 15) is 4.79 Å². The Morgan fingerprint density at radius 1 is 1.50 bits per heavy atom. The molecule has 0 saturated carbocycles. The maximum absolute atomic E-state index is 11.8. The van der Waals surface area contributed by atoms with Crippen molar-refractivity contribution < 1.29 is 9.90 Å². The lowest BCUT2D eigenvalue weighted by Crippen LogP contribution is -2.22. The van der Waals surface area contributed by atoms with Crippen LogP contribution in [0.1, 0.15) is 23.7 Å². The van der Waals surface area contributed by atoms with Gasteiger partial charge in [-0.3, -0.25) is 4.79 Å². The van der Waals surface area contributed by atoms with Crippen LogP contribution in [0.15, 0.2) is 18.2 Å². The summed E-state index contributed by atoms with van der Waals surface area (Å²) in [6.45, 7) is 2.07. The minimum atomic E-state index is -0.0622. The molecule has 0 saturated heterocycles.